The highest BCUT2D eigenvalue weighted by atomic mass is 32.1. The smallest absolute Gasteiger partial charge is 0.191 e. The highest BCUT2D eigenvalue weighted by Crippen LogP contribution is 2.18. The van der Waals surface area contributed by atoms with E-state index in [9.17, 15) is 0 Å². The predicted octanol–water partition coefficient (Wildman–Crippen LogP) is 3.96. The summed E-state index contributed by atoms with van der Waals surface area (Å²) in [6, 6.07) is 12.6. The number of thiophene rings is 1. The van der Waals surface area contributed by atoms with Gasteiger partial charge in [0.05, 0.1) is 11.7 Å². The van der Waals surface area contributed by atoms with Crippen LogP contribution in [-0.4, -0.2) is 29.3 Å². The molecule has 0 spiro atoms. The second kappa shape index (κ2) is 8.67. The van der Waals surface area contributed by atoms with Gasteiger partial charge in [-0.15, -0.1) is 0 Å². The van der Waals surface area contributed by atoms with Gasteiger partial charge in [-0.25, -0.2) is 4.68 Å². The molecule has 2 atom stereocenters. The number of aromatic nitrogens is 2. The third kappa shape index (κ3) is 4.52. The van der Waals surface area contributed by atoms with Crippen molar-refractivity contribution in [1.29, 1.82) is 0 Å². The van der Waals surface area contributed by atoms with Gasteiger partial charge in [-0.05, 0) is 59.0 Å². The van der Waals surface area contributed by atoms with Crippen LogP contribution in [0.5, 0.6) is 0 Å². The Labute approximate surface area is 158 Å². The molecule has 0 saturated heterocycles. The van der Waals surface area contributed by atoms with Crippen LogP contribution < -0.4 is 10.6 Å². The average Bonchev–Trinajstić information content (AvgIpc) is 3.38. The minimum absolute atomic E-state index is 0.133. The van der Waals surface area contributed by atoms with Crippen molar-refractivity contribution in [1.82, 2.24) is 20.4 Å². The number of nitrogens with zero attached hydrogens (tertiary/aromatic N) is 3. The van der Waals surface area contributed by atoms with Gasteiger partial charge < -0.3 is 10.6 Å². The van der Waals surface area contributed by atoms with Crippen molar-refractivity contribution in [2.24, 2.45) is 4.99 Å². The molecule has 3 rings (SSSR count). The number of hydrogen-bond acceptors (Lipinski definition) is 3. The Morgan fingerprint density at radius 1 is 1.23 bits per heavy atom. The molecule has 2 heterocycles. The van der Waals surface area contributed by atoms with E-state index >= 15 is 0 Å². The molecule has 3 aromatic rings. The maximum atomic E-state index is 4.36. The van der Waals surface area contributed by atoms with Gasteiger partial charge in [-0.2, -0.15) is 16.4 Å². The second-order valence-electron chi connectivity index (χ2n) is 6.32. The van der Waals surface area contributed by atoms with Crippen molar-refractivity contribution in [3.8, 4) is 5.69 Å². The Kier molecular flexibility index (Phi) is 6.07. The molecule has 0 radical (unpaired) electrons. The summed E-state index contributed by atoms with van der Waals surface area (Å²) < 4.78 is 1.87. The number of hydrogen-bond donors (Lipinski definition) is 2. The first-order valence-electron chi connectivity index (χ1n) is 8.76. The van der Waals surface area contributed by atoms with Gasteiger partial charge in [0.15, 0.2) is 5.96 Å². The van der Waals surface area contributed by atoms with Gasteiger partial charge in [0.1, 0.15) is 0 Å². The molecule has 0 bridgehead atoms. The van der Waals surface area contributed by atoms with E-state index in [0.717, 1.165) is 18.2 Å². The lowest BCUT2D eigenvalue weighted by atomic mass is 10.1. The van der Waals surface area contributed by atoms with Gasteiger partial charge in [-0.1, -0.05) is 19.1 Å². The molecule has 0 saturated carbocycles. The van der Waals surface area contributed by atoms with Crippen LogP contribution in [0.3, 0.4) is 0 Å². The fraction of sp³-hybridized carbons (Fsp3) is 0.300. The zero-order valence-electron chi connectivity index (χ0n) is 15.4. The van der Waals surface area contributed by atoms with Gasteiger partial charge in [0.2, 0.25) is 0 Å². The Morgan fingerprint density at radius 3 is 2.81 bits per heavy atom. The van der Waals surface area contributed by atoms with E-state index in [-0.39, 0.29) is 6.04 Å². The van der Waals surface area contributed by atoms with Gasteiger partial charge in [-0.3, -0.25) is 4.99 Å². The van der Waals surface area contributed by atoms with E-state index < -0.39 is 0 Å². The fourth-order valence-corrected chi connectivity index (χ4v) is 3.55. The first kappa shape index (κ1) is 18.2. The SMILES string of the molecule is CN=C(NCC(C)c1ccsc1)NC(C)c1cccc(-n2cccn2)c1. The minimum atomic E-state index is 0.133. The first-order chi connectivity index (χ1) is 12.7. The summed E-state index contributed by atoms with van der Waals surface area (Å²) >= 11 is 1.74. The van der Waals surface area contributed by atoms with E-state index in [4.69, 9.17) is 0 Å². The lowest BCUT2D eigenvalue weighted by Crippen LogP contribution is -2.40. The molecule has 2 N–H and O–H groups in total. The summed E-state index contributed by atoms with van der Waals surface area (Å²) in [6.45, 7) is 5.20. The monoisotopic (exact) mass is 367 g/mol. The lowest BCUT2D eigenvalue weighted by Gasteiger charge is -2.20. The molecule has 0 aliphatic carbocycles. The number of guanidine groups is 1. The minimum Gasteiger partial charge on any atom is -0.356 e. The third-order valence-electron chi connectivity index (χ3n) is 4.40. The van der Waals surface area contributed by atoms with Crippen LogP contribution in [-0.2, 0) is 0 Å². The first-order valence-corrected chi connectivity index (χ1v) is 9.71. The highest BCUT2D eigenvalue weighted by Gasteiger charge is 2.11. The number of benzene rings is 1. The quantitative estimate of drug-likeness (QED) is 0.512. The molecule has 5 nitrogen and oxygen atoms in total. The standard InChI is InChI=1S/C20H25N5S/c1-15(18-8-11-26-14-18)13-22-20(21-3)24-16(2)17-6-4-7-19(12-17)25-10-5-9-23-25/h4-12,14-16H,13H2,1-3H3,(H2,21,22,24). The van der Waals surface area contributed by atoms with E-state index in [0.29, 0.717) is 5.92 Å². The summed E-state index contributed by atoms with van der Waals surface area (Å²) in [6.07, 6.45) is 3.73. The Hall–Kier alpha value is -2.60. The number of nitrogens with one attached hydrogen (secondary N) is 2. The summed E-state index contributed by atoms with van der Waals surface area (Å²) in [4.78, 5) is 4.36. The topological polar surface area (TPSA) is 54.2 Å². The van der Waals surface area contributed by atoms with E-state index in [1.165, 1.54) is 11.1 Å². The maximum absolute atomic E-state index is 4.36. The van der Waals surface area contributed by atoms with Crippen molar-refractivity contribution < 1.29 is 0 Å². The van der Waals surface area contributed by atoms with Crippen LogP contribution in [0.15, 0.2) is 64.5 Å². The molecule has 0 aliphatic heterocycles. The van der Waals surface area contributed by atoms with Crippen LogP contribution in [0.2, 0.25) is 0 Å². The zero-order valence-corrected chi connectivity index (χ0v) is 16.2. The molecule has 2 unspecified atom stereocenters. The van der Waals surface area contributed by atoms with E-state index in [1.807, 2.05) is 16.9 Å². The Bertz CT molecular complexity index is 824. The van der Waals surface area contributed by atoms with Crippen LogP contribution in [0.25, 0.3) is 5.69 Å². The van der Waals surface area contributed by atoms with Crippen LogP contribution in [0.1, 0.15) is 36.9 Å². The van der Waals surface area contributed by atoms with Crippen LogP contribution in [0, 0.1) is 0 Å². The molecule has 0 aliphatic rings. The molecule has 0 amide bonds. The van der Waals surface area contributed by atoms with E-state index in [1.54, 1.807) is 24.6 Å². The Morgan fingerprint density at radius 2 is 2.12 bits per heavy atom. The lowest BCUT2D eigenvalue weighted by molar-refractivity contribution is 0.658. The molecular formula is C20H25N5S. The molecule has 0 fully saturated rings. The molecule has 1 aromatic carbocycles. The van der Waals surface area contributed by atoms with Crippen molar-refractivity contribution in [3.05, 3.63) is 70.7 Å². The summed E-state index contributed by atoms with van der Waals surface area (Å²) in [5, 5.41) is 15.5. The van der Waals surface area contributed by atoms with Crippen molar-refractivity contribution in [2.75, 3.05) is 13.6 Å². The largest absolute Gasteiger partial charge is 0.356 e. The Balaban J connectivity index is 1.61. The van der Waals surface area contributed by atoms with Crippen molar-refractivity contribution >= 4 is 17.3 Å². The second-order valence-corrected chi connectivity index (χ2v) is 7.10. The summed E-state index contributed by atoms with van der Waals surface area (Å²) in [5.41, 5.74) is 3.60. The van der Waals surface area contributed by atoms with Gasteiger partial charge in [0.25, 0.3) is 0 Å². The highest BCUT2D eigenvalue weighted by molar-refractivity contribution is 7.07. The molecular weight excluding hydrogens is 342 g/mol. The zero-order chi connectivity index (χ0) is 18.4. The molecule has 2 aromatic heterocycles. The van der Waals surface area contributed by atoms with Gasteiger partial charge >= 0.3 is 0 Å². The van der Waals surface area contributed by atoms with Gasteiger partial charge in [0, 0.05) is 26.0 Å². The summed E-state index contributed by atoms with van der Waals surface area (Å²) in [7, 11) is 1.80. The van der Waals surface area contributed by atoms with Crippen molar-refractivity contribution in [2.45, 2.75) is 25.8 Å². The fourth-order valence-electron chi connectivity index (χ4n) is 2.76. The maximum Gasteiger partial charge on any atom is 0.191 e. The number of rotatable bonds is 6. The van der Waals surface area contributed by atoms with Crippen LogP contribution >= 0.6 is 11.3 Å². The normalized spacial score (nSPS) is 14.0. The number of aliphatic imine (C=N–C) groups is 1. The predicted molar refractivity (Wildman–Crippen MR) is 109 cm³/mol. The molecule has 26 heavy (non-hydrogen) atoms. The summed E-state index contributed by atoms with van der Waals surface area (Å²) in [5.74, 6) is 1.25. The third-order valence-corrected chi connectivity index (χ3v) is 5.11. The van der Waals surface area contributed by atoms with E-state index in [2.05, 4.69) is 75.7 Å². The van der Waals surface area contributed by atoms with Crippen LogP contribution in [0.4, 0.5) is 0 Å². The average molecular weight is 368 g/mol. The van der Waals surface area contributed by atoms with Crippen molar-refractivity contribution in [3.63, 3.8) is 0 Å². The molecule has 136 valence electrons. The molecule has 6 heteroatoms.